The lowest BCUT2D eigenvalue weighted by atomic mass is 9.85. The van der Waals surface area contributed by atoms with Crippen LogP contribution in [0.4, 0.5) is 0 Å². The van der Waals surface area contributed by atoms with Crippen LogP contribution >= 0.6 is 0 Å². The molecule has 1 heterocycles. The summed E-state index contributed by atoms with van der Waals surface area (Å²) in [5.41, 5.74) is 1.17. The second-order valence-corrected chi connectivity index (χ2v) is 5.92. The molecule has 112 valence electrons. The van der Waals surface area contributed by atoms with Gasteiger partial charge < -0.3 is 10.1 Å². The summed E-state index contributed by atoms with van der Waals surface area (Å²) in [4.78, 5) is 4.46. The van der Waals surface area contributed by atoms with Gasteiger partial charge in [-0.25, -0.2) is 0 Å². The van der Waals surface area contributed by atoms with Crippen molar-refractivity contribution >= 4 is 10.8 Å². The van der Waals surface area contributed by atoms with Gasteiger partial charge in [-0.1, -0.05) is 44.0 Å². The topological polar surface area (TPSA) is 34.2 Å². The molecule has 3 heteroatoms. The van der Waals surface area contributed by atoms with Crippen molar-refractivity contribution in [2.45, 2.75) is 44.2 Å². The van der Waals surface area contributed by atoms with E-state index < -0.39 is 0 Å². The largest absolute Gasteiger partial charge is 0.376 e. The Morgan fingerprint density at radius 3 is 2.71 bits per heavy atom. The van der Waals surface area contributed by atoms with Crippen LogP contribution in [0.1, 0.15) is 44.2 Å². The summed E-state index contributed by atoms with van der Waals surface area (Å²) in [7, 11) is 1.86. The predicted molar refractivity (Wildman–Crippen MR) is 86.4 cm³/mol. The Hall–Kier alpha value is -1.45. The minimum Gasteiger partial charge on any atom is -0.376 e. The molecule has 0 saturated heterocycles. The minimum absolute atomic E-state index is 0.0954. The number of ether oxygens (including phenoxy) is 1. The van der Waals surface area contributed by atoms with Crippen molar-refractivity contribution in [2.75, 3.05) is 13.7 Å². The van der Waals surface area contributed by atoms with E-state index in [1.54, 1.807) is 0 Å². The van der Waals surface area contributed by atoms with Crippen molar-refractivity contribution < 1.29 is 4.74 Å². The Balaban J connectivity index is 2.11. The third-order valence-corrected chi connectivity index (χ3v) is 4.80. The minimum atomic E-state index is -0.0954. The van der Waals surface area contributed by atoms with Crippen molar-refractivity contribution in [2.24, 2.45) is 0 Å². The fourth-order valence-electron chi connectivity index (χ4n) is 3.74. The first kappa shape index (κ1) is 14.5. The average molecular weight is 284 g/mol. The maximum Gasteiger partial charge on any atom is 0.0873 e. The molecule has 1 unspecified atom stereocenters. The fourth-order valence-corrected chi connectivity index (χ4v) is 3.74. The zero-order chi connectivity index (χ0) is 14.7. The molecule has 1 fully saturated rings. The standard InChI is InChI=1S/C18H24N2O/c1-3-20-17(18(21-2)10-6-7-11-18)16-13-19-12-14-8-4-5-9-15(14)16/h4-5,8-9,12-13,17,20H,3,6-7,10-11H2,1-2H3. The fraction of sp³-hybridized carbons (Fsp3) is 0.500. The summed E-state index contributed by atoms with van der Waals surface area (Å²) in [5, 5.41) is 6.14. The van der Waals surface area contributed by atoms with E-state index in [2.05, 4.69) is 41.5 Å². The first-order valence-corrected chi connectivity index (χ1v) is 7.92. The molecule has 0 amide bonds. The molecule has 1 N–H and O–H groups in total. The van der Waals surface area contributed by atoms with E-state index in [1.165, 1.54) is 29.2 Å². The number of nitrogens with one attached hydrogen (secondary N) is 1. The van der Waals surface area contributed by atoms with E-state index in [9.17, 15) is 0 Å². The number of pyridine rings is 1. The van der Waals surface area contributed by atoms with E-state index in [4.69, 9.17) is 4.74 Å². The van der Waals surface area contributed by atoms with Crippen molar-refractivity contribution in [3.63, 3.8) is 0 Å². The van der Waals surface area contributed by atoms with Crippen LogP contribution in [-0.2, 0) is 4.74 Å². The molecule has 0 bridgehead atoms. The van der Waals surface area contributed by atoms with Crippen LogP contribution < -0.4 is 5.32 Å². The molecule has 0 aliphatic heterocycles. The molecule has 0 spiro atoms. The molecule has 1 aliphatic rings. The number of fused-ring (bicyclic) bond motifs is 1. The zero-order valence-corrected chi connectivity index (χ0v) is 12.9. The van der Waals surface area contributed by atoms with Gasteiger partial charge in [-0.05, 0) is 30.3 Å². The van der Waals surface area contributed by atoms with Gasteiger partial charge in [0.2, 0.25) is 0 Å². The predicted octanol–water partition coefficient (Wildman–Crippen LogP) is 3.84. The van der Waals surface area contributed by atoms with Crippen molar-refractivity contribution in [1.82, 2.24) is 10.3 Å². The number of aromatic nitrogens is 1. The highest BCUT2D eigenvalue weighted by atomic mass is 16.5. The lowest BCUT2D eigenvalue weighted by Crippen LogP contribution is -2.43. The van der Waals surface area contributed by atoms with Crippen molar-refractivity contribution in [3.8, 4) is 0 Å². The van der Waals surface area contributed by atoms with Crippen LogP contribution in [-0.4, -0.2) is 24.2 Å². The van der Waals surface area contributed by atoms with Crippen LogP contribution in [0.5, 0.6) is 0 Å². The highest BCUT2D eigenvalue weighted by Gasteiger charge is 2.42. The second kappa shape index (κ2) is 6.12. The van der Waals surface area contributed by atoms with Crippen LogP contribution in [0.25, 0.3) is 10.8 Å². The molecule has 21 heavy (non-hydrogen) atoms. The van der Waals surface area contributed by atoms with Crippen molar-refractivity contribution in [3.05, 3.63) is 42.2 Å². The molecular formula is C18H24N2O. The molecule has 3 rings (SSSR count). The molecule has 2 aromatic rings. The Morgan fingerprint density at radius 1 is 1.24 bits per heavy atom. The molecule has 1 saturated carbocycles. The Kier molecular flexibility index (Phi) is 4.22. The van der Waals surface area contributed by atoms with Crippen LogP contribution in [0, 0.1) is 0 Å². The van der Waals surface area contributed by atoms with Gasteiger partial charge in [0.25, 0.3) is 0 Å². The zero-order valence-electron chi connectivity index (χ0n) is 12.9. The van der Waals surface area contributed by atoms with Crippen LogP contribution in [0.3, 0.4) is 0 Å². The molecule has 1 aliphatic carbocycles. The van der Waals surface area contributed by atoms with E-state index in [0.29, 0.717) is 0 Å². The molecule has 3 nitrogen and oxygen atoms in total. The average Bonchev–Trinajstić information content (AvgIpc) is 3.02. The molecule has 1 atom stereocenters. The third-order valence-electron chi connectivity index (χ3n) is 4.80. The third kappa shape index (κ3) is 2.56. The SMILES string of the molecule is CCNC(c1cncc2ccccc12)C1(OC)CCCC1. The quantitative estimate of drug-likeness (QED) is 0.905. The monoisotopic (exact) mass is 284 g/mol. The van der Waals surface area contributed by atoms with Gasteiger partial charge in [-0.3, -0.25) is 4.98 Å². The van der Waals surface area contributed by atoms with Gasteiger partial charge in [0, 0.05) is 24.9 Å². The summed E-state index contributed by atoms with van der Waals surface area (Å²) in [6, 6.07) is 8.69. The summed E-state index contributed by atoms with van der Waals surface area (Å²) in [6.07, 6.45) is 8.67. The highest BCUT2D eigenvalue weighted by Crippen LogP contribution is 2.43. The summed E-state index contributed by atoms with van der Waals surface area (Å²) in [5.74, 6) is 0. The second-order valence-electron chi connectivity index (χ2n) is 5.92. The number of benzene rings is 1. The number of hydrogen-bond acceptors (Lipinski definition) is 3. The van der Waals surface area contributed by atoms with Gasteiger partial charge in [0.05, 0.1) is 11.6 Å². The summed E-state index contributed by atoms with van der Waals surface area (Å²) < 4.78 is 6.03. The van der Waals surface area contributed by atoms with E-state index in [-0.39, 0.29) is 11.6 Å². The van der Waals surface area contributed by atoms with E-state index in [0.717, 1.165) is 19.4 Å². The van der Waals surface area contributed by atoms with Crippen LogP contribution in [0.2, 0.25) is 0 Å². The Bertz CT molecular complexity index is 600. The van der Waals surface area contributed by atoms with Crippen LogP contribution in [0.15, 0.2) is 36.7 Å². The molecule has 1 aromatic carbocycles. The van der Waals surface area contributed by atoms with Crippen molar-refractivity contribution in [1.29, 1.82) is 0 Å². The first-order chi connectivity index (χ1) is 10.3. The summed E-state index contributed by atoms with van der Waals surface area (Å²) in [6.45, 7) is 3.09. The van der Waals surface area contributed by atoms with Gasteiger partial charge in [0.15, 0.2) is 0 Å². The molecular weight excluding hydrogens is 260 g/mol. The molecule has 0 radical (unpaired) electrons. The number of nitrogens with zero attached hydrogens (tertiary/aromatic N) is 1. The lowest BCUT2D eigenvalue weighted by Gasteiger charge is -2.37. The van der Waals surface area contributed by atoms with Gasteiger partial charge in [0.1, 0.15) is 0 Å². The lowest BCUT2D eigenvalue weighted by molar-refractivity contribution is -0.0361. The maximum absolute atomic E-state index is 6.03. The number of rotatable bonds is 5. The smallest absolute Gasteiger partial charge is 0.0873 e. The number of hydrogen-bond donors (Lipinski definition) is 1. The Labute approximate surface area is 126 Å². The van der Waals surface area contributed by atoms with Gasteiger partial charge >= 0.3 is 0 Å². The maximum atomic E-state index is 6.03. The normalized spacial score (nSPS) is 19.0. The Morgan fingerprint density at radius 2 is 2.00 bits per heavy atom. The van der Waals surface area contributed by atoms with Gasteiger partial charge in [-0.2, -0.15) is 0 Å². The molecule has 1 aromatic heterocycles. The van der Waals surface area contributed by atoms with E-state index in [1.807, 2.05) is 19.5 Å². The summed E-state index contributed by atoms with van der Waals surface area (Å²) >= 11 is 0. The van der Waals surface area contributed by atoms with E-state index >= 15 is 0 Å². The number of likely N-dealkylation sites (N-methyl/N-ethyl adjacent to an activating group) is 1. The van der Waals surface area contributed by atoms with Gasteiger partial charge in [-0.15, -0.1) is 0 Å². The number of methoxy groups -OCH3 is 1. The first-order valence-electron chi connectivity index (χ1n) is 7.92. The highest BCUT2D eigenvalue weighted by molar-refractivity contribution is 5.85.